The molecular formula is C11H6F2O3. The summed E-state index contributed by atoms with van der Waals surface area (Å²) in [7, 11) is 0. The van der Waals surface area contributed by atoms with E-state index in [1.165, 1.54) is 18.4 Å². The Hall–Kier alpha value is -2.17. The fourth-order valence-corrected chi connectivity index (χ4v) is 1.33. The van der Waals surface area contributed by atoms with E-state index in [2.05, 4.69) is 0 Å². The average molecular weight is 224 g/mol. The summed E-state index contributed by atoms with van der Waals surface area (Å²) in [6.07, 6.45) is 1.32. The highest BCUT2D eigenvalue weighted by atomic mass is 19.1. The van der Waals surface area contributed by atoms with Crippen molar-refractivity contribution in [2.24, 2.45) is 0 Å². The van der Waals surface area contributed by atoms with Crippen molar-refractivity contribution in [3.05, 3.63) is 47.7 Å². The first-order chi connectivity index (χ1) is 7.59. The van der Waals surface area contributed by atoms with Crippen LogP contribution in [0, 0.1) is 11.6 Å². The molecule has 2 rings (SSSR count). The van der Waals surface area contributed by atoms with Crippen molar-refractivity contribution in [2.45, 2.75) is 0 Å². The van der Waals surface area contributed by atoms with E-state index in [9.17, 15) is 13.6 Å². The minimum atomic E-state index is -1.45. The zero-order valence-corrected chi connectivity index (χ0v) is 7.91. The zero-order chi connectivity index (χ0) is 11.7. The van der Waals surface area contributed by atoms with E-state index in [4.69, 9.17) is 9.52 Å². The van der Waals surface area contributed by atoms with Gasteiger partial charge in [0, 0.05) is 6.07 Å². The van der Waals surface area contributed by atoms with Crippen LogP contribution in [0.25, 0.3) is 11.3 Å². The number of carboxylic acids is 1. The Bertz CT molecular complexity index is 532. The van der Waals surface area contributed by atoms with Crippen molar-refractivity contribution in [1.82, 2.24) is 0 Å². The number of carboxylic acid groups (broad SMARTS) is 1. The van der Waals surface area contributed by atoms with Gasteiger partial charge in [-0.2, -0.15) is 0 Å². The predicted molar refractivity (Wildman–Crippen MR) is 51.0 cm³/mol. The number of carbonyl (C=O) groups is 1. The topological polar surface area (TPSA) is 50.4 Å². The Morgan fingerprint density at radius 1 is 1.25 bits per heavy atom. The molecule has 1 N–H and O–H groups in total. The molecule has 0 aliphatic heterocycles. The highest BCUT2D eigenvalue weighted by Gasteiger charge is 2.17. The van der Waals surface area contributed by atoms with E-state index in [-0.39, 0.29) is 11.3 Å². The number of hydrogen-bond acceptors (Lipinski definition) is 2. The summed E-state index contributed by atoms with van der Waals surface area (Å²) in [5.41, 5.74) is -0.670. The molecule has 0 aliphatic rings. The SMILES string of the molecule is O=C(O)c1cc(-c2ccco2)c(F)cc1F. The van der Waals surface area contributed by atoms with E-state index >= 15 is 0 Å². The number of benzene rings is 1. The molecule has 82 valence electrons. The third-order valence-electron chi connectivity index (χ3n) is 2.07. The molecule has 0 saturated heterocycles. The van der Waals surface area contributed by atoms with Crippen molar-refractivity contribution in [2.75, 3.05) is 0 Å². The number of rotatable bonds is 2. The average Bonchev–Trinajstić information content (AvgIpc) is 2.70. The zero-order valence-electron chi connectivity index (χ0n) is 7.91. The van der Waals surface area contributed by atoms with Gasteiger partial charge in [-0.3, -0.25) is 0 Å². The van der Waals surface area contributed by atoms with Crippen molar-refractivity contribution in [1.29, 1.82) is 0 Å². The van der Waals surface area contributed by atoms with Crippen LogP contribution in [0.5, 0.6) is 0 Å². The first kappa shape index (κ1) is 10.4. The van der Waals surface area contributed by atoms with Crippen molar-refractivity contribution < 1.29 is 23.1 Å². The molecule has 0 amide bonds. The molecule has 3 nitrogen and oxygen atoms in total. The van der Waals surface area contributed by atoms with Gasteiger partial charge in [0.05, 0.1) is 17.4 Å². The fourth-order valence-electron chi connectivity index (χ4n) is 1.33. The molecule has 1 aromatic carbocycles. The smallest absolute Gasteiger partial charge is 0.338 e. The van der Waals surface area contributed by atoms with E-state index in [0.29, 0.717) is 6.07 Å². The molecule has 0 unspecified atom stereocenters. The van der Waals surface area contributed by atoms with Gasteiger partial charge in [-0.1, -0.05) is 0 Å². The second-order valence-corrected chi connectivity index (χ2v) is 3.09. The van der Waals surface area contributed by atoms with Gasteiger partial charge in [0.1, 0.15) is 17.4 Å². The highest BCUT2D eigenvalue weighted by molar-refractivity contribution is 5.89. The molecule has 0 saturated carbocycles. The Kier molecular flexibility index (Phi) is 2.44. The van der Waals surface area contributed by atoms with Gasteiger partial charge >= 0.3 is 5.97 Å². The summed E-state index contributed by atoms with van der Waals surface area (Å²) in [4.78, 5) is 10.7. The summed E-state index contributed by atoms with van der Waals surface area (Å²) in [6, 6.07) is 4.42. The third-order valence-corrected chi connectivity index (χ3v) is 2.07. The van der Waals surface area contributed by atoms with Gasteiger partial charge in [0.2, 0.25) is 0 Å². The van der Waals surface area contributed by atoms with Gasteiger partial charge in [0.25, 0.3) is 0 Å². The minimum Gasteiger partial charge on any atom is -0.478 e. The van der Waals surface area contributed by atoms with Gasteiger partial charge in [-0.05, 0) is 18.2 Å². The number of aromatic carboxylic acids is 1. The van der Waals surface area contributed by atoms with Crippen molar-refractivity contribution in [3.8, 4) is 11.3 Å². The van der Waals surface area contributed by atoms with Crippen LogP contribution >= 0.6 is 0 Å². The lowest BCUT2D eigenvalue weighted by molar-refractivity contribution is 0.0692. The summed E-state index contributed by atoms with van der Waals surface area (Å²) < 4.78 is 31.4. The molecular weight excluding hydrogens is 218 g/mol. The van der Waals surface area contributed by atoms with Gasteiger partial charge in [-0.25, -0.2) is 13.6 Å². The molecule has 0 fully saturated rings. The molecule has 1 heterocycles. The minimum absolute atomic E-state index is 0.0798. The van der Waals surface area contributed by atoms with Crippen LogP contribution in [0.4, 0.5) is 8.78 Å². The van der Waals surface area contributed by atoms with Crippen molar-refractivity contribution >= 4 is 5.97 Å². The van der Waals surface area contributed by atoms with Gasteiger partial charge in [0.15, 0.2) is 0 Å². The van der Waals surface area contributed by atoms with Crippen LogP contribution in [0.1, 0.15) is 10.4 Å². The molecule has 5 heteroatoms. The van der Waals surface area contributed by atoms with E-state index in [1.807, 2.05) is 0 Å². The standard InChI is InChI=1S/C11H6F2O3/c12-8-5-9(13)7(11(14)15)4-6(8)10-2-1-3-16-10/h1-5H,(H,14,15). The lowest BCUT2D eigenvalue weighted by Gasteiger charge is -2.03. The van der Waals surface area contributed by atoms with E-state index in [1.54, 1.807) is 0 Å². The summed E-state index contributed by atoms with van der Waals surface area (Å²) in [6.45, 7) is 0. The van der Waals surface area contributed by atoms with E-state index in [0.717, 1.165) is 6.07 Å². The van der Waals surface area contributed by atoms with Crippen LogP contribution in [-0.4, -0.2) is 11.1 Å². The molecule has 16 heavy (non-hydrogen) atoms. The van der Waals surface area contributed by atoms with Crippen LogP contribution < -0.4 is 0 Å². The molecule has 0 spiro atoms. The first-order valence-electron chi connectivity index (χ1n) is 4.36. The summed E-state index contributed by atoms with van der Waals surface area (Å²) in [5, 5.41) is 8.69. The highest BCUT2D eigenvalue weighted by Crippen LogP contribution is 2.26. The lowest BCUT2D eigenvalue weighted by atomic mass is 10.1. The van der Waals surface area contributed by atoms with Gasteiger partial charge < -0.3 is 9.52 Å². The third kappa shape index (κ3) is 1.67. The fraction of sp³-hybridized carbons (Fsp3) is 0. The number of hydrogen-bond donors (Lipinski definition) is 1. The quantitative estimate of drug-likeness (QED) is 0.853. The Labute approximate surface area is 88.9 Å². The second-order valence-electron chi connectivity index (χ2n) is 3.09. The van der Waals surface area contributed by atoms with Crippen LogP contribution in [0.3, 0.4) is 0 Å². The maximum absolute atomic E-state index is 13.4. The summed E-state index contributed by atoms with van der Waals surface area (Å²) in [5.74, 6) is -3.27. The molecule has 0 bridgehead atoms. The molecule has 2 aromatic rings. The maximum Gasteiger partial charge on any atom is 0.338 e. The molecule has 0 radical (unpaired) electrons. The van der Waals surface area contributed by atoms with Crippen molar-refractivity contribution in [3.63, 3.8) is 0 Å². The Morgan fingerprint density at radius 2 is 2.00 bits per heavy atom. The van der Waals surface area contributed by atoms with Gasteiger partial charge in [-0.15, -0.1) is 0 Å². The summed E-state index contributed by atoms with van der Waals surface area (Å²) >= 11 is 0. The number of furan rings is 1. The first-order valence-corrected chi connectivity index (χ1v) is 4.36. The maximum atomic E-state index is 13.4. The molecule has 0 atom stereocenters. The Morgan fingerprint density at radius 3 is 2.56 bits per heavy atom. The van der Waals surface area contributed by atoms with Crippen LogP contribution in [0.2, 0.25) is 0 Å². The van der Waals surface area contributed by atoms with Crippen LogP contribution in [-0.2, 0) is 0 Å². The number of halogens is 2. The molecule has 1 aromatic heterocycles. The van der Waals surface area contributed by atoms with Crippen LogP contribution in [0.15, 0.2) is 34.9 Å². The van der Waals surface area contributed by atoms with E-state index < -0.39 is 23.2 Å². The largest absolute Gasteiger partial charge is 0.478 e. The predicted octanol–water partition coefficient (Wildman–Crippen LogP) is 2.92. The second kappa shape index (κ2) is 3.77. The Balaban J connectivity index is 2.63. The molecule has 0 aliphatic carbocycles. The normalized spacial score (nSPS) is 10.4. The lowest BCUT2D eigenvalue weighted by Crippen LogP contribution is -2.02. The monoisotopic (exact) mass is 224 g/mol.